The predicted molar refractivity (Wildman–Crippen MR) is 86.4 cm³/mol. The Kier molecular flexibility index (Phi) is 6.69. The van der Waals surface area contributed by atoms with Crippen LogP contribution in [0.1, 0.15) is 12.6 Å². The van der Waals surface area contributed by atoms with Crippen LogP contribution < -0.4 is 16.6 Å². The number of methoxy groups -OCH3 is 1. The summed E-state index contributed by atoms with van der Waals surface area (Å²) in [6.45, 7) is 0.160. The van der Waals surface area contributed by atoms with Crippen LogP contribution in [-0.2, 0) is 18.8 Å². The molecule has 12 heteroatoms. The monoisotopic (exact) mass is 379 g/mol. The molecule has 1 aliphatic rings. The van der Waals surface area contributed by atoms with E-state index in [9.17, 15) is 14.2 Å². The molecule has 0 aromatic carbocycles. The molecule has 2 rings (SSSR count). The molecule has 11 nitrogen and oxygen atoms in total. The van der Waals surface area contributed by atoms with Gasteiger partial charge in [-0.2, -0.15) is 0 Å². The van der Waals surface area contributed by atoms with Gasteiger partial charge in [-0.1, -0.05) is 0 Å². The minimum atomic E-state index is -4.21. The van der Waals surface area contributed by atoms with Crippen molar-refractivity contribution in [3.05, 3.63) is 33.1 Å². The van der Waals surface area contributed by atoms with Gasteiger partial charge in [-0.25, -0.2) is 4.79 Å². The first kappa shape index (κ1) is 20.0. The van der Waals surface area contributed by atoms with E-state index < -0.39 is 43.4 Å². The van der Waals surface area contributed by atoms with E-state index in [0.717, 1.165) is 4.57 Å². The van der Waals surface area contributed by atoms with Gasteiger partial charge in [0.15, 0.2) is 6.23 Å². The summed E-state index contributed by atoms with van der Waals surface area (Å²) in [6, 6.07) is 1.17. The molecule has 1 aromatic heterocycles. The smallest absolute Gasteiger partial charge is 0.330 e. The summed E-state index contributed by atoms with van der Waals surface area (Å²) >= 11 is 0. The fourth-order valence-electron chi connectivity index (χ4n) is 2.72. The predicted octanol–water partition coefficient (Wildman–Crippen LogP) is -1.42. The number of nitrogens with zero attached hydrogens (tertiary/aromatic N) is 1. The molecule has 1 aromatic rings. The van der Waals surface area contributed by atoms with Crippen molar-refractivity contribution >= 4 is 7.60 Å². The highest BCUT2D eigenvalue weighted by Gasteiger charge is 2.47. The summed E-state index contributed by atoms with van der Waals surface area (Å²) in [4.78, 5) is 43.6. The van der Waals surface area contributed by atoms with E-state index in [-0.39, 0.29) is 19.3 Å². The lowest BCUT2D eigenvalue weighted by atomic mass is 10.1. The Morgan fingerprint density at radius 2 is 2.12 bits per heavy atom. The van der Waals surface area contributed by atoms with E-state index in [1.807, 2.05) is 0 Å². The van der Waals surface area contributed by atoms with Crippen LogP contribution in [0.5, 0.6) is 0 Å². The zero-order chi connectivity index (χ0) is 18.6. The van der Waals surface area contributed by atoms with Gasteiger partial charge in [-0.15, -0.1) is 0 Å². The molecule has 2 heterocycles. The van der Waals surface area contributed by atoms with Gasteiger partial charge in [0.25, 0.3) is 5.56 Å². The van der Waals surface area contributed by atoms with Gasteiger partial charge < -0.3 is 24.0 Å². The quantitative estimate of drug-likeness (QED) is 0.315. The fraction of sp³-hybridized carbons (Fsp3) is 0.692. The Labute approximate surface area is 143 Å². The molecule has 1 fully saturated rings. The number of nitrogens with one attached hydrogen (secondary N) is 2. The minimum absolute atomic E-state index is 0.0210. The number of aromatic nitrogens is 2. The highest BCUT2D eigenvalue weighted by Crippen LogP contribution is 2.40. The number of rotatable bonds is 8. The second-order valence-electron chi connectivity index (χ2n) is 5.59. The van der Waals surface area contributed by atoms with Crippen molar-refractivity contribution in [1.29, 1.82) is 0 Å². The topological polar surface area (TPSA) is 152 Å². The van der Waals surface area contributed by atoms with E-state index >= 15 is 0 Å². The van der Waals surface area contributed by atoms with Gasteiger partial charge in [-0.3, -0.25) is 24.2 Å². The Balaban J connectivity index is 2.29. The van der Waals surface area contributed by atoms with E-state index in [2.05, 4.69) is 10.3 Å². The molecule has 0 saturated carbocycles. The average molecular weight is 379 g/mol. The Bertz CT molecular complexity index is 728. The van der Waals surface area contributed by atoms with Crippen LogP contribution in [0.25, 0.3) is 0 Å². The maximum absolute atomic E-state index is 12.0. The summed E-state index contributed by atoms with van der Waals surface area (Å²) in [7, 11) is -1.13. The third kappa shape index (κ3) is 5.08. The van der Waals surface area contributed by atoms with E-state index in [1.54, 1.807) is 7.05 Å². The van der Waals surface area contributed by atoms with Gasteiger partial charge >= 0.3 is 13.3 Å². The molecule has 1 aliphatic heterocycles. The third-order valence-electron chi connectivity index (χ3n) is 3.81. The molecule has 0 spiro atoms. The zero-order valence-electron chi connectivity index (χ0n) is 13.8. The van der Waals surface area contributed by atoms with Crippen LogP contribution in [0.15, 0.2) is 21.9 Å². The molecule has 0 radical (unpaired) electrons. The summed E-state index contributed by atoms with van der Waals surface area (Å²) in [6.07, 6.45) is -2.06. The lowest BCUT2D eigenvalue weighted by molar-refractivity contribution is -0.0635. The van der Waals surface area contributed by atoms with Gasteiger partial charge in [0.1, 0.15) is 12.2 Å². The average Bonchev–Trinajstić information content (AvgIpc) is 2.87. The van der Waals surface area contributed by atoms with Crippen LogP contribution in [0, 0.1) is 0 Å². The second-order valence-corrected chi connectivity index (χ2v) is 7.37. The Morgan fingerprint density at radius 1 is 1.40 bits per heavy atom. The first-order valence-electron chi connectivity index (χ1n) is 7.57. The summed E-state index contributed by atoms with van der Waals surface area (Å²) in [5, 5.41) is 2.80. The Hall–Kier alpha value is -1.33. The van der Waals surface area contributed by atoms with Crippen LogP contribution >= 0.6 is 7.60 Å². The molecule has 4 N–H and O–H groups in total. The molecule has 1 saturated heterocycles. The van der Waals surface area contributed by atoms with Gasteiger partial charge in [0.05, 0.1) is 19.0 Å². The number of H-pyrrole nitrogens is 1. The van der Waals surface area contributed by atoms with Crippen molar-refractivity contribution in [2.24, 2.45) is 0 Å². The molecule has 2 unspecified atom stereocenters. The molecule has 0 amide bonds. The first-order valence-corrected chi connectivity index (χ1v) is 9.37. The van der Waals surface area contributed by atoms with Crippen molar-refractivity contribution < 1.29 is 28.6 Å². The Morgan fingerprint density at radius 3 is 2.68 bits per heavy atom. The molecule has 0 bridgehead atoms. The van der Waals surface area contributed by atoms with Crippen molar-refractivity contribution in [1.82, 2.24) is 14.9 Å². The highest BCUT2D eigenvalue weighted by atomic mass is 31.2. The van der Waals surface area contributed by atoms with E-state index in [4.69, 9.17) is 24.0 Å². The largest absolute Gasteiger partial charge is 0.374 e. The fourth-order valence-corrected chi connectivity index (χ4v) is 3.31. The molecule has 4 atom stereocenters. The SMILES string of the molecule is CNCOC1C(OC)[C@H](n2ccc(=O)[nH]c2=O)O[C@@H]1CCP(=O)(O)O. The van der Waals surface area contributed by atoms with Crippen LogP contribution in [0.3, 0.4) is 0 Å². The number of hydrogen-bond acceptors (Lipinski definition) is 7. The molecule has 0 aliphatic carbocycles. The lowest BCUT2D eigenvalue weighted by Crippen LogP contribution is -2.40. The van der Waals surface area contributed by atoms with Crippen LogP contribution in [0.2, 0.25) is 0 Å². The van der Waals surface area contributed by atoms with Crippen molar-refractivity contribution in [3.63, 3.8) is 0 Å². The lowest BCUT2D eigenvalue weighted by Gasteiger charge is -2.23. The van der Waals surface area contributed by atoms with Crippen LogP contribution in [-0.4, -0.2) is 64.7 Å². The molecular weight excluding hydrogens is 357 g/mol. The van der Waals surface area contributed by atoms with Crippen molar-refractivity contribution in [2.75, 3.05) is 27.1 Å². The minimum Gasteiger partial charge on any atom is -0.374 e. The molecule has 142 valence electrons. The van der Waals surface area contributed by atoms with Gasteiger partial charge in [0, 0.05) is 19.4 Å². The first-order chi connectivity index (χ1) is 11.8. The maximum atomic E-state index is 12.0. The summed E-state index contributed by atoms with van der Waals surface area (Å²) in [5.74, 6) is 0. The van der Waals surface area contributed by atoms with Gasteiger partial charge in [-0.05, 0) is 13.5 Å². The third-order valence-corrected chi connectivity index (χ3v) is 4.65. The van der Waals surface area contributed by atoms with Crippen molar-refractivity contribution in [2.45, 2.75) is 31.0 Å². The molecule has 25 heavy (non-hydrogen) atoms. The van der Waals surface area contributed by atoms with Crippen LogP contribution in [0.4, 0.5) is 0 Å². The molecular formula is C13H22N3O8P. The maximum Gasteiger partial charge on any atom is 0.330 e. The number of ether oxygens (including phenoxy) is 3. The second kappa shape index (κ2) is 8.37. The summed E-state index contributed by atoms with van der Waals surface area (Å²) in [5.41, 5.74) is -1.23. The normalized spacial score (nSPS) is 26.9. The highest BCUT2D eigenvalue weighted by molar-refractivity contribution is 7.51. The van der Waals surface area contributed by atoms with E-state index in [1.165, 1.54) is 19.4 Å². The number of aromatic amines is 1. The number of hydrogen-bond donors (Lipinski definition) is 4. The zero-order valence-corrected chi connectivity index (χ0v) is 14.7. The summed E-state index contributed by atoms with van der Waals surface area (Å²) < 4.78 is 29.2. The standard InChI is InChI=1S/C13H22N3O8P/c1-14-7-23-10-8(4-6-25(19,20)21)24-12(11(10)22-2)16-5-3-9(17)15-13(16)18/h3,5,8,10-12,14H,4,6-7H2,1-2H3,(H,15,17,18)(H2,19,20,21)/t8-,10?,11?,12-/m1/s1. The van der Waals surface area contributed by atoms with Gasteiger partial charge in [0.2, 0.25) is 0 Å². The van der Waals surface area contributed by atoms with E-state index in [0.29, 0.717) is 0 Å². The van der Waals surface area contributed by atoms with Crippen molar-refractivity contribution in [3.8, 4) is 0 Å².